The van der Waals surface area contributed by atoms with E-state index in [1.807, 2.05) is 45.0 Å². The minimum Gasteiger partial charge on any atom is -0.323 e. The molecule has 0 radical (unpaired) electrons. The van der Waals surface area contributed by atoms with E-state index in [9.17, 15) is 18.4 Å². The number of rotatable bonds is 5. The zero-order valence-corrected chi connectivity index (χ0v) is 17.3. The monoisotopic (exact) mass is 414 g/mol. The van der Waals surface area contributed by atoms with Crippen LogP contribution < -0.4 is 10.9 Å². The van der Waals surface area contributed by atoms with Crippen LogP contribution in [0, 0.1) is 25.2 Å². The number of nitrogens with zero attached hydrogens (tertiary/aromatic N) is 2. The average Bonchev–Trinajstić information content (AvgIpc) is 2.87. The summed E-state index contributed by atoms with van der Waals surface area (Å²) in [5.74, 6) is 0. The Kier molecular flexibility index (Phi) is 6.18. The zero-order valence-electron chi connectivity index (χ0n) is 17.3. The van der Waals surface area contributed by atoms with Crippen LogP contribution in [-0.2, 0) is 0 Å². The number of nitriles is 1. The van der Waals surface area contributed by atoms with Crippen LogP contribution in [0.25, 0.3) is 5.57 Å². The van der Waals surface area contributed by atoms with Gasteiger partial charge in [0, 0.05) is 18.3 Å². The van der Waals surface area contributed by atoms with E-state index in [1.165, 1.54) is 6.20 Å². The molecular weight excluding hydrogens is 389 g/mol. The second-order valence-corrected chi connectivity index (χ2v) is 7.89. The van der Waals surface area contributed by atoms with E-state index in [-0.39, 0.29) is 12.8 Å². The number of hydrazine groups is 1. The Balaban J connectivity index is 1.83. The van der Waals surface area contributed by atoms with E-state index in [4.69, 9.17) is 0 Å². The van der Waals surface area contributed by atoms with Gasteiger partial charge in [-0.2, -0.15) is 18.4 Å². The number of alkyl halides is 3. The third-order valence-corrected chi connectivity index (χ3v) is 5.71. The summed E-state index contributed by atoms with van der Waals surface area (Å²) in [5.41, 5.74) is 8.68. The molecule has 3 rings (SSSR count). The molecule has 7 heteroatoms. The molecule has 1 aromatic rings. The summed E-state index contributed by atoms with van der Waals surface area (Å²) in [7, 11) is 0. The highest BCUT2D eigenvalue weighted by atomic mass is 19.4. The molecule has 2 N–H and O–H groups in total. The lowest BCUT2D eigenvalue weighted by atomic mass is 9.77. The Labute approximate surface area is 174 Å². The van der Waals surface area contributed by atoms with E-state index < -0.39 is 11.7 Å². The van der Waals surface area contributed by atoms with Crippen molar-refractivity contribution in [3.8, 4) is 6.07 Å². The summed E-state index contributed by atoms with van der Waals surface area (Å²) in [4.78, 5) is 4.43. The lowest BCUT2D eigenvalue weighted by Crippen LogP contribution is -2.65. The quantitative estimate of drug-likeness (QED) is 0.499. The molecule has 2 aliphatic rings. The second kappa shape index (κ2) is 8.49. The number of allylic oxidation sites excluding steroid dienone is 4. The van der Waals surface area contributed by atoms with Gasteiger partial charge in [-0.25, -0.2) is 5.43 Å². The molecule has 0 aromatic heterocycles. The SMILES string of the molecule is C/C(C1=NC=C(NNC2(C(F)(F)F)CCC2)CC=C1)=C(/C#N)c1ccc(C)cc1C. The van der Waals surface area contributed by atoms with Crippen LogP contribution in [0.4, 0.5) is 13.2 Å². The normalized spacial score (nSPS) is 19.0. The first-order valence-corrected chi connectivity index (χ1v) is 9.89. The molecule has 0 bridgehead atoms. The van der Waals surface area contributed by atoms with E-state index in [2.05, 4.69) is 21.9 Å². The summed E-state index contributed by atoms with van der Waals surface area (Å²) in [6, 6.07) is 8.19. The van der Waals surface area contributed by atoms with Gasteiger partial charge in [-0.15, -0.1) is 0 Å². The molecule has 0 unspecified atom stereocenters. The Morgan fingerprint density at radius 2 is 1.97 bits per heavy atom. The molecule has 0 saturated heterocycles. The van der Waals surface area contributed by atoms with Crippen LogP contribution in [0.15, 0.2) is 52.8 Å². The molecule has 1 aromatic carbocycles. The molecule has 0 amide bonds. The molecule has 1 saturated carbocycles. The topological polar surface area (TPSA) is 60.2 Å². The third-order valence-electron chi connectivity index (χ3n) is 5.71. The first-order valence-electron chi connectivity index (χ1n) is 9.89. The van der Waals surface area contributed by atoms with Gasteiger partial charge in [-0.3, -0.25) is 4.99 Å². The van der Waals surface area contributed by atoms with Gasteiger partial charge in [-0.1, -0.05) is 29.8 Å². The lowest BCUT2D eigenvalue weighted by molar-refractivity contribution is -0.221. The number of hydrogen-bond donors (Lipinski definition) is 2. The number of halogens is 3. The molecule has 0 atom stereocenters. The van der Waals surface area contributed by atoms with E-state index in [1.54, 1.807) is 6.08 Å². The second-order valence-electron chi connectivity index (χ2n) is 7.89. The fraction of sp³-hybridized carbons (Fsp3) is 0.391. The fourth-order valence-corrected chi connectivity index (χ4v) is 3.62. The highest BCUT2D eigenvalue weighted by molar-refractivity contribution is 6.14. The number of hydrogen-bond acceptors (Lipinski definition) is 4. The van der Waals surface area contributed by atoms with Crippen molar-refractivity contribution in [2.45, 2.75) is 58.2 Å². The van der Waals surface area contributed by atoms with Crippen LogP contribution in [0.1, 0.15) is 49.3 Å². The minimum absolute atomic E-state index is 0.0599. The Bertz CT molecular complexity index is 987. The van der Waals surface area contributed by atoms with Gasteiger partial charge in [-0.05, 0) is 62.8 Å². The number of benzene rings is 1. The standard InChI is InChI=1S/C23H25F3N4/c1-15-8-9-19(16(2)12-15)20(13-27)17(3)21-7-4-6-18(14-28-21)29-30-22(10-5-11-22)23(24,25)26/h4,7-9,12,14,29-30H,5-6,10-11H2,1-3H3/b20-17+. The third kappa shape index (κ3) is 4.34. The van der Waals surface area contributed by atoms with Gasteiger partial charge in [0.1, 0.15) is 11.6 Å². The van der Waals surface area contributed by atoms with E-state index in [0.29, 0.717) is 29.8 Å². The van der Waals surface area contributed by atoms with Gasteiger partial charge < -0.3 is 5.43 Å². The predicted octanol–water partition coefficient (Wildman–Crippen LogP) is 5.42. The first-order chi connectivity index (χ1) is 14.2. The number of nitrogens with one attached hydrogen (secondary N) is 2. The Hall–Kier alpha value is -2.85. The van der Waals surface area contributed by atoms with E-state index >= 15 is 0 Å². The largest absolute Gasteiger partial charge is 0.408 e. The summed E-state index contributed by atoms with van der Waals surface area (Å²) >= 11 is 0. The molecule has 4 nitrogen and oxygen atoms in total. The van der Waals surface area contributed by atoms with Crippen molar-refractivity contribution in [1.29, 1.82) is 5.26 Å². The van der Waals surface area contributed by atoms with Gasteiger partial charge in [0.15, 0.2) is 0 Å². The van der Waals surface area contributed by atoms with Crippen molar-refractivity contribution in [3.63, 3.8) is 0 Å². The molecular formula is C23H25F3N4. The fourth-order valence-electron chi connectivity index (χ4n) is 3.62. The number of aryl methyl sites for hydroxylation is 2. The summed E-state index contributed by atoms with van der Waals surface area (Å²) in [6.07, 6.45) is 1.92. The summed E-state index contributed by atoms with van der Waals surface area (Å²) in [5, 5.41) is 9.75. The molecule has 158 valence electrons. The Morgan fingerprint density at radius 3 is 2.53 bits per heavy atom. The first kappa shape index (κ1) is 21.8. The van der Waals surface area contributed by atoms with Gasteiger partial charge in [0.2, 0.25) is 0 Å². The summed E-state index contributed by atoms with van der Waals surface area (Å²) < 4.78 is 39.9. The van der Waals surface area contributed by atoms with Crippen molar-refractivity contribution in [2.24, 2.45) is 4.99 Å². The molecule has 1 heterocycles. The average molecular weight is 414 g/mol. The molecule has 1 fully saturated rings. The van der Waals surface area contributed by atoms with Gasteiger partial charge in [0.25, 0.3) is 0 Å². The Morgan fingerprint density at radius 1 is 1.23 bits per heavy atom. The maximum Gasteiger partial charge on any atom is 0.408 e. The highest BCUT2D eigenvalue weighted by Gasteiger charge is 2.58. The van der Waals surface area contributed by atoms with Gasteiger partial charge in [0.05, 0.1) is 11.3 Å². The van der Waals surface area contributed by atoms with Crippen molar-refractivity contribution >= 4 is 11.3 Å². The van der Waals surface area contributed by atoms with E-state index in [0.717, 1.165) is 22.3 Å². The minimum atomic E-state index is -4.30. The van der Waals surface area contributed by atoms with Crippen LogP contribution in [0.5, 0.6) is 0 Å². The lowest BCUT2D eigenvalue weighted by Gasteiger charge is -2.43. The van der Waals surface area contributed by atoms with Crippen LogP contribution >= 0.6 is 0 Å². The van der Waals surface area contributed by atoms with Crippen LogP contribution in [0.2, 0.25) is 0 Å². The smallest absolute Gasteiger partial charge is 0.323 e. The van der Waals surface area contributed by atoms with Crippen molar-refractivity contribution in [1.82, 2.24) is 10.9 Å². The highest BCUT2D eigenvalue weighted by Crippen LogP contribution is 2.44. The zero-order chi connectivity index (χ0) is 21.9. The molecule has 0 spiro atoms. The van der Waals surface area contributed by atoms with Gasteiger partial charge >= 0.3 is 6.18 Å². The predicted molar refractivity (Wildman–Crippen MR) is 112 cm³/mol. The van der Waals surface area contributed by atoms with Crippen LogP contribution in [0.3, 0.4) is 0 Å². The van der Waals surface area contributed by atoms with Crippen molar-refractivity contribution < 1.29 is 13.2 Å². The van der Waals surface area contributed by atoms with Crippen LogP contribution in [-0.4, -0.2) is 17.4 Å². The van der Waals surface area contributed by atoms with Crippen molar-refractivity contribution in [2.75, 3.05) is 0 Å². The maximum atomic E-state index is 13.3. The maximum absolute atomic E-state index is 13.3. The molecule has 1 aliphatic heterocycles. The number of aliphatic imine (C=N–C) groups is 1. The summed E-state index contributed by atoms with van der Waals surface area (Å²) in [6.45, 7) is 5.79. The molecule has 1 aliphatic carbocycles. The molecule has 30 heavy (non-hydrogen) atoms. The van der Waals surface area contributed by atoms with Crippen molar-refractivity contribution in [3.05, 3.63) is 64.5 Å².